The van der Waals surface area contributed by atoms with Crippen LogP contribution in [0.4, 0.5) is 5.95 Å². The Hall–Kier alpha value is -2.50. The molecule has 0 saturated heterocycles. The van der Waals surface area contributed by atoms with Gasteiger partial charge in [0.1, 0.15) is 5.75 Å². The van der Waals surface area contributed by atoms with E-state index < -0.39 is 0 Å². The van der Waals surface area contributed by atoms with Crippen LogP contribution >= 0.6 is 0 Å². The molecule has 1 N–H and O–H groups in total. The van der Waals surface area contributed by atoms with Crippen molar-refractivity contribution in [2.75, 3.05) is 33.2 Å². The molecule has 0 atom stereocenters. The number of methoxy groups -OCH3 is 3. The van der Waals surface area contributed by atoms with Crippen LogP contribution in [0.2, 0.25) is 0 Å². The molecule has 0 fully saturated rings. The van der Waals surface area contributed by atoms with Gasteiger partial charge in [-0.1, -0.05) is 12.1 Å². The highest BCUT2D eigenvalue weighted by molar-refractivity contribution is 5.34. The van der Waals surface area contributed by atoms with Crippen LogP contribution in [0.25, 0.3) is 0 Å². The van der Waals surface area contributed by atoms with Crippen LogP contribution in [0, 0.1) is 0 Å². The first-order chi connectivity index (χ1) is 10.2. The summed E-state index contributed by atoms with van der Waals surface area (Å²) >= 11 is 0. The molecule has 0 saturated carbocycles. The molecule has 0 amide bonds. The number of nitrogens with one attached hydrogen (secondary N) is 1. The molecular formula is C15H19N3O3. The first-order valence-electron chi connectivity index (χ1n) is 6.59. The molecule has 0 unspecified atom stereocenters. The van der Waals surface area contributed by atoms with E-state index in [4.69, 9.17) is 14.2 Å². The molecule has 6 heteroatoms. The fourth-order valence-electron chi connectivity index (χ4n) is 1.80. The van der Waals surface area contributed by atoms with Crippen LogP contribution < -0.4 is 19.5 Å². The number of benzene rings is 1. The molecule has 0 spiro atoms. The fourth-order valence-corrected chi connectivity index (χ4v) is 1.80. The Morgan fingerprint density at radius 3 is 2.05 bits per heavy atom. The summed E-state index contributed by atoms with van der Waals surface area (Å²) in [6.45, 7) is 0.711. The highest BCUT2D eigenvalue weighted by Crippen LogP contribution is 2.17. The second-order valence-electron chi connectivity index (χ2n) is 4.30. The number of hydrogen-bond donors (Lipinski definition) is 1. The third kappa shape index (κ3) is 4.24. The van der Waals surface area contributed by atoms with E-state index in [1.807, 2.05) is 24.3 Å². The molecule has 0 bridgehead atoms. The monoisotopic (exact) mass is 289 g/mol. The van der Waals surface area contributed by atoms with Crippen LogP contribution in [-0.4, -0.2) is 37.8 Å². The predicted molar refractivity (Wildman–Crippen MR) is 80.3 cm³/mol. The zero-order valence-electron chi connectivity index (χ0n) is 12.4. The minimum Gasteiger partial charge on any atom is -0.497 e. The van der Waals surface area contributed by atoms with Crippen LogP contribution in [0.5, 0.6) is 17.5 Å². The molecule has 0 aliphatic heterocycles. The standard InChI is InChI=1S/C15H19N3O3/c1-19-12-6-4-11(5-7-12)8-9-16-15-17-13(20-2)10-14(18-15)21-3/h4-7,10H,8-9H2,1-3H3,(H,16,17,18). The van der Waals surface area contributed by atoms with Crippen molar-refractivity contribution in [1.29, 1.82) is 0 Å². The molecule has 0 aliphatic carbocycles. The lowest BCUT2D eigenvalue weighted by Crippen LogP contribution is -2.09. The molecule has 1 aromatic heterocycles. The molecule has 2 aromatic rings. The number of nitrogens with zero attached hydrogens (tertiary/aromatic N) is 2. The van der Waals surface area contributed by atoms with Crippen molar-refractivity contribution >= 4 is 5.95 Å². The van der Waals surface area contributed by atoms with E-state index >= 15 is 0 Å². The number of aromatic nitrogens is 2. The smallest absolute Gasteiger partial charge is 0.229 e. The van der Waals surface area contributed by atoms with Crippen molar-refractivity contribution < 1.29 is 14.2 Å². The summed E-state index contributed by atoms with van der Waals surface area (Å²) in [6.07, 6.45) is 0.854. The van der Waals surface area contributed by atoms with Crippen molar-refractivity contribution in [2.24, 2.45) is 0 Å². The van der Waals surface area contributed by atoms with Gasteiger partial charge in [-0.2, -0.15) is 9.97 Å². The zero-order valence-corrected chi connectivity index (χ0v) is 12.4. The van der Waals surface area contributed by atoms with Crippen molar-refractivity contribution in [3.63, 3.8) is 0 Å². The van der Waals surface area contributed by atoms with E-state index in [1.54, 1.807) is 27.4 Å². The van der Waals surface area contributed by atoms with E-state index in [1.165, 1.54) is 5.56 Å². The topological polar surface area (TPSA) is 65.5 Å². The average molecular weight is 289 g/mol. The number of rotatable bonds is 7. The maximum Gasteiger partial charge on any atom is 0.229 e. The first-order valence-corrected chi connectivity index (χ1v) is 6.59. The van der Waals surface area contributed by atoms with E-state index in [-0.39, 0.29) is 0 Å². The Morgan fingerprint density at radius 1 is 0.905 bits per heavy atom. The lowest BCUT2D eigenvalue weighted by Gasteiger charge is -2.08. The normalized spacial score (nSPS) is 10.0. The van der Waals surface area contributed by atoms with Crippen molar-refractivity contribution in [3.8, 4) is 17.5 Å². The van der Waals surface area contributed by atoms with E-state index in [0.717, 1.165) is 12.2 Å². The summed E-state index contributed by atoms with van der Waals surface area (Å²) in [5.74, 6) is 2.27. The van der Waals surface area contributed by atoms with Gasteiger partial charge in [0.2, 0.25) is 17.7 Å². The van der Waals surface area contributed by atoms with Gasteiger partial charge in [-0.15, -0.1) is 0 Å². The predicted octanol–water partition coefficient (Wildman–Crippen LogP) is 2.16. The Kier molecular flexibility index (Phi) is 5.20. The SMILES string of the molecule is COc1ccc(CCNc2nc(OC)cc(OC)n2)cc1. The van der Waals surface area contributed by atoms with Gasteiger partial charge in [-0.3, -0.25) is 0 Å². The van der Waals surface area contributed by atoms with Gasteiger partial charge in [-0.25, -0.2) is 0 Å². The van der Waals surface area contributed by atoms with Gasteiger partial charge in [0.25, 0.3) is 0 Å². The van der Waals surface area contributed by atoms with E-state index in [9.17, 15) is 0 Å². The second kappa shape index (κ2) is 7.33. The Morgan fingerprint density at radius 2 is 1.52 bits per heavy atom. The minimum atomic E-state index is 0.466. The van der Waals surface area contributed by atoms with E-state index in [0.29, 0.717) is 24.3 Å². The minimum absolute atomic E-state index is 0.466. The zero-order chi connectivity index (χ0) is 15.1. The van der Waals surface area contributed by atoms with Gasteiger partial charge in [-0.05, 0) is 24.1 Å². The van der Waals surface area contributed by atoms with E-state index in [2.05, 4.69) is 15.3 Å². The Balaban J connectivity index is 1.93. The largest absolute Gasteiger partial charge is 0.497 e. The van der Waals surface area contributed by atoms with Crippen LogP contribution in [0.1, 0.15) is 5.56 Å². The highest BCUT2D eigenvalue weighted by atomic mass is 16.5. The number of ether oxygens (including phenoxy) is 3. The summed E-state index contributed by atoms with van der Waals surface area (Å²) in [5.41, 5.74) is 1.21. The molecule has 112 valence electrons. The van der Waals surface area contributed by atoms with Gasteiger partial charge < -0.3 is 19.5 Å². The molecule has 1 aromatic carbocycles. The Bertz CT molecular complexity index is 551. The average Bonchev–Trinajstić information content (AvgIpc) is 2.55. The maximum atomic E-state index is 5.13. The van der Waals surface area contributed by atoms with Crippen LogP contribution in [0.3, 0.4) is 0 Å². The first kappa shape index (κ1) is 14.9. The maximum absolute atomic E-state index is 5.13. The molecule has 1 heterocycles. The summed E-state index contributed by atoms with van der Waals surface area (Å²) in [6, 6.07) is 9.59. The van der Waals surface area contributed by atoms with Gasteiger partial charge in [0.05, 0.1) is 27.4 Å². The van der Waals surface area contributed by atoms with Crippen LogP contribution in [-0.2, 0) is 6.42 Å². The number of hydrogen-bond acceptors (Lipinski definition) is 6. The summed E-state index contributed by atoms with van der Waals surface area (Å²) < 4.78 is 15.3. The van der Waals surface area contributed by atoms with Gasteiger partial charge in [0.15, 0.2) is 0 Å². The summed E-state index contributed by atoms with van der Waals surface area (Å²) in [5, 5.41) is 3.16. The lowest BCUT2D eigenvalue weighted by molar-refractivity contribution is 0.373. The summed E-state index contributed by atoms with van der Waals surface area (Å²) in [7, 11) is 4.77. The molecule has 2 rings (SSSR count). The molecular weight excluding hydrogens is 270 g/mol. The quantitative estimate of drug-likeness (QED) is 0.842. The third-order valence-corrected chi connectivity index (χ3v) is 2.95. The number of anilines is 1. The van der Waals surface area contributed by atoms with Crippen molar-refractivity contribution in [2.45, 2.75) is 6.42 Å². The lowest BCUT2D eigenvalue weighted by atomic mass is 10.1. The van der Waals surface area contributed by atoms with Gasteiger partial charge in [0, 0.05) is 6.54 Å². The molecule has 21 heavy (non-hydrogen) atoms. The van der Waals surface area contributed by atoms with Gasteiger partial charge >= 0.3 is 0 Å². The molecule has 6 nitrogen and oxygen atoms in total. The van der Waals surface area contributed by atoms with Crippen LogP contribution in [0.15, 0.2) is 30.3 Å². The highest BCUT2D eigenvalue weighted by Gasteiger charge is 2.04. The second-order valence-corrected chi connectivity index (χ2v) is 4.30. The molecule has 0 aliphatic rings. The van der Waals surface area contributed by atoms with Crippen molar-refractivity contribution in [3.05, 3.63) is 35.9 Å². The van der Waals surface area contributed by atoms with Crippen molar-refractivity contribution in [1.82, 2.24) is 9.97 Å². The molecule has 0 radical (unpaired) electrons. The third-order valence-electron chi connectivity index (χ3n) is 2.95. The fraction of sp³-hybridized carbons (Fsp3) is 0.333. The Labute approximate surface area is 124 Å². The summed E-state index contributed by atoms with van der Waals surface area (Å²) in [4.78, 5) is 8.43.